The summed E-state index contributed by atoms with van der Waals surface area (Å²) in [4.78, 5) is 2.36. The average Bonchev–Trinajstić information content (AvgIpc) is 3.21. The van der Waals surface area contributed by atoms with Crippen molar-refractivity contribution in [3.63, 3.8) is 0 Å². The molecule has 2 aliphatic rings. The molecule has 1 heterocycles. The number of sulfonamides is 1. The van der Waals surface area contributed by atoms with E-state index in [4.69, 9.17) is 4.74 Å². The van der Waals surface area contributed by atoms with E-state index in [2.05, 4.69) is 29.5 Å². The van der Waals surface area contributed by atoms with Gasteiger partial charge in [-0.1, -0.05) is 11.6 Å². The van der Waals surface area contributed by atoms with Crippen molar-refractivity contribution in [2.75, 3.05) is 32.8 Å². The lowest BCUT2D eigenvalue weighted by atomic mass is 10.2. The molecule has 6 heteroatoms. The zero-order chi connectivity index (χ0) is 14.6. The van der Waals surface area contributed by atoms with Gasteiger partial charge in [0.05, 0.1) is 18.0 Å². The first-order chi connectivity index (χ1) is 9.47. The van der Waals surface area contributed by atoms with Gasteiger partial charge in [-0.25, -0.2) is 13.1 Å². The first-order valence-corrected chi connectivity index (χ1v) is 8.98. The van der Waals surface area contributed by atoms with Crippen molar-refractivity contribution in [3.8, 4) is 0 Å². The summed E-state index contributed by atoms with van der Waals surface area (Å²) in [5.41, 5.74) is 1.32. The molecule has 1 atom stereocenters. The lowest BCUT2D eigenvalue weighted by Crippen LogP contribution is -2.43. The van der Waals surface area contributed by atoms with E-state index in [0.717, 1.165) is 45.5 Å². The van der Waals surface area contributed by atoms with Gasteiger partial charge in [-0.15, -0.1) is 0 Å². The first kappa shape index (κ1) is 15.9. The maximum absolute atomic E-state index is 11.7. The fourth-order valence-corrected chi connectivity index (χ4v) is 3.69. The lowest BCUT2D eigenvalue weighted by Gasteiger charge is -2.32. The minimum Gasteiger partial charge on any atom is -0.376 e. The Morgan fingerprint density at radius 2 is 2.15 bits per heavy atom. The van der Waals surface area contributed by atoms with Gasteiger partial charge in [0.2, 0.25) is 10.0 Å². The Hall–Kier alpha value is -0.430. The second-order valence-corrected chi connectivity index (χ2v) is 8.01. The molecule has 0 aromatic carbocycles. The van der Waals surface area contributed by atoms with Gasteiger partial charge in [0.15, 0.2) is 0 Å². The highest BCUT2D eigenvalue weighted by Gasteiger charge is 2.35. The van der Waals surface area contributed by atoms with Crippen LogP contribution < -0.4 is 4.72 Å². The molecule has 116 valence electrons. The van der Waals surface area contributed by atoms with Crippen LogP contribution in [0.3, 0.4) is 0 Å². The van der Waals surface area contributed by atoms with Gasteiger partial charge < -0.3 is 4.74 Å². The van der Waals surface area contributed by atoms with Gasteiger partial charge in [-0.2, -0.15) is 0 Å². The predicted molar refractivity (Wildman–Crippen MR) is 80.2 cm³/mol. The molecule has 0 spiro atoms. The Kier molecular flexibility index (Phi) is 5.60. The van der Waals surface area contributed by atoms with E-state index >= 15 is 0 Å². The summed E-state index contributed by atoms with van der Waals surface area (Å²) in [6.45, 7) is 8.21. The first-order valence-electron chi connectivity index (χ1n) is 7.43. The van der Waals surface area contributed by atoms with Gasteiger partial charge in [-0.05, 0) is 33.1 Å². The van der Waals surface area contributed by atoms with Gasteiger partial charge in [-0.3, -0.25) is 4.90 Å². The quantitative estimate of drug-likeness (QED) is 0.716. The van der Waals surface area contributed by atoms with Crippen molar-refractivity contribution in [2.24, 2.45) is 0 Å². The molecule has 0 radical (unpaired) electrons. The van der Waals surface area contributed by atoms with Gasteiger partial charge in [0, 0.05) is 26.2 Å². The number of allylic oxidation sites excluding steroid dienone is 1. The molecule has 1 unspecified atom stereocenters. The van der Waals surface area contributed by atoms with E-state index in [1.165, 1.54) is 5.57 Å². The third kappa shape index (κ3) is 5.16. The molecule has 1 saturated heterocycles. The number of morpholine rings is 1. The Morgan fingerprint density at radius 1 is 1.40 bits per heavy atom. The summed E-state index contributed by atoms with van der Waals surface area (Å²) < 4.78 is 31.8. The summed E-state index contributed by atoms with van der Waals surface area (Å²) in [7, 11) is -3.05. The second-order valence-electron chi connectivity index (χ2n) is 5.96. The molecule has 1 saturated carbocycles. The van der Waals surface area contributed by atoms with Crippen molar-refractivity contribution in [3.05, 3.63) is 11.6 Å². The van der Waals surface area contributed by atoms with E-state index in [0.29, 0.717) is 6.54 Å². The SMILES string of the molecule is CC(C)=CCN1CCOC(CCNS(=O)(=O)C2CC2)C1. The standard InChI is InChI=1S/C14H26N2O3S/c1-12(2)6-8-16-9-10-19-13(11-16)5-7-15-20(17,18)14-3-4-14/h6,13-15H,3-5,7-11H2,1-2H3. The van der Waals surface area contributed by atoms with E-state index < -0.39 is 10.0 Å². The Bertz CT molecular complexity index is 439. The monoisotopic (exact) mass is 302 g/mol. The molecular weight excluding hydrogens is 276 g/mol. The summed E-state index contributed by atoms with van der Waals surface area (Å²) in [6.07, 6.45) is 4.73. The number of hydrogen-bond acceptors (Lipinski definition) is 4. The van der Waals surface area contributed by atoms with E-state index in [-0.39, 0.29) is 11.4 Å². The minimum absolute atomic E-state index is 0.135. The van der Waals surface area contributed by atoms with E-state index in [1.807, 2.05) is 0 Å². The topological polar surface area (TPSA) is 58.6 Å². The van der Waals surface area contributed by atoms with Crippen LogP contribution >= 0.6 is 0 Å². The smallest absolute Gasteiger partial charge is 0.214 e. The molecule has 0 aromatic rings. The van der Waals surface area contributed by atoms with Crippen LogP contribution in [0.4, 0.5) is 0 Å². The van der Waals surface area contributed by atoms with Crippen LogP contribution in [-0.4, -0.2) is 57.5 Å². The van der Waals surface area contributed by atoms with Crippen molar-refractivity contribution in [2.45, 2.75) is 44.5 Å². The minimum atomic E-state index is -3.05. The molecule has 0 amide bonds. The largest absolute Gasteiger partial charge is 0.376 e. The molecule has 1 aliphatic heterocycles. The molecule has 0 bridgehead atoms. The summed E-state index contributed by atoms with van der Waals surface area (Å²) in [6, 6.07) is 0. The highest BCUT2D eigenvalue weighted by molar-refractivity contribution is 7.90. The van der Waals surface area contributed by atoms with Crippen molar-refractivity contribution in [1.82, 2.24) is 9.62 Å². The van der Waals surface area contributed by atoms with Crippen LogP contribution in [0, 0.1) is 0 Å². The highest BCUT2D eigenvalue weighted by atomic mass is 32.2. The molecule has 2 fully saturated rings. The molecule has 1 aliphatic carbocycles. The number of rotatable bonds is 7. The number of hydrogen-bond donors (Lipinski definition) is 1. The van der Waals surface area contributed by atoms with Gasteiger partial charge in [0.1, 0.15) is 0 Å². The van der Waals surface area contributed by atoms with E-state index in [1.54, 1.807) is 0 Å². The van der Waals surface area contributed by atoms with Crippen LogP contribution in [0.5, 0.6) is 0 Å². The second kappa shape index (κ2) is 7.02. The fourth-order valence-electron chi connectivity index (χ4n) is 2.29. The number of nitrogens with zero attached hydrogens (tertiary/aromatic N) is 1. The van der Waals surface area contributed by atoms with Gasteiger partial charge in [0.25, 0.3) is 0 Å². The zero-order valence-corrected chi connectivity index (χ0v) is 13.3. The maximum Gasteiger partial charge on any atom is 0.214 e. The van der Waals surface area contributed by atoms with Crippen molar-refractivity contribution >= 4 is 10.0 Å². The van der Waals surface area contributed by atoms with Crippen LogP contribution in [0.1, 0.15) is 33.1 Å². The molecular formula is C14H26N2O3S. The van der Waals surface area contributed by atoms with Crippen molar-refractivity contribution < 1.29 is 13.2 Å². The Morgan fingerprint density at radius 3 is 2.80 bits per heavy atom. The average molecular weight is 302 g/mol. The van der Waals surface area contributed by atoms with Crippen LogP contribution in [0.15, 0.2) is 11.6 Å². The third-order valence-electron chi connectivity index (χ3n) is 3.71. The predicted octanol–water partition coefficient (Wildman–Crippen LogP) is 1.13. The summed E-state index contributed by atoms with van der Waals surface area (Å²) >= 11 is 0. The maximum atomic E-state index is 11.7. The normalized spacial score (nSPS) is 24.6. The summed E-state index contributed by atoms with van der Waals surface area (Å²) in [5, 5.41) is -0.135. The number of ether oxygens (including phenoxy) is 1. The van der Waals surface area contributed by atoms with Crippen LogP contribution in [0.2, 0.25) is 0 Å². The molecule has 5 nitrogen and oxygen atoms in total. The van der Waals surface area contributed by atoms with Crippen molar-refractivity contribution in [1.29, 1.82) is 0 Å². The fraction of sp³-hybridized carbons (Fsp3) is 0.857. The summed E-state index contributed by atoms with van der Waals surface area (Å²) in [5.74, 6) is 0. The molecule has 20 heavy (non-hydrogen) atoms. The zero-order valence-electron chi connectivity index (χ0n) is 12.5. The third-order valence-corrected chi connectivity index (χ3v) is 5.67. The lowest BCUT2D eigenvalue weighted by molar-refractivity contribution is -0.0272. The van der Waals surface area contributed by atoms with Crippen LogP contribution in [-0.2, 0) is 14.8 Å². The highest BCUT2D eigenvalue weighted by Crippen LogP contribution is 2.27. The Labute approximate surface area is 122 Å². The molecule has 1 N–H and O–H groups in total. The molecule has 2 rings (SSSR count). The Balaban J connectivity index is 1.69. The molecule has 0 aromatic heterocycles. The van der Waals surface area contributed by atoms with E-state index in [9.17, 15) is 8.42 Å². The van der Waals surface area contributed by atoms with Gasteiger partial charge >= 0.3 is 0 Å². The van der Waals surface area contributed by atoms with Crippen LogP contribution in [0.25, 0.3) is 0 Å². The number of nitrogens with one attached hydrogen (secondary N) is 1.